The molecule has 5 heteroatoms. The van der Waals surface area contributed by atoms with Gasteiger partial charge in [0.25, 0.3) is 0 Å². The lowest BCUT2D eigenvalue weighted by Gasteiger charge is -2.03. The lowest BCUT2D eigenvalue weighted by atomic mass is 10.1. The van der Waals surface area contributed by atoms with Crippen molar-refractivity contribution in [3.05, 3.63) is 22.6 Å². The number of amides is 1. The first-order valence-corrected chi connectivity index (χ1v) is 5.87. The minimum Gasteiger partial charge on any atom is -0.444 e. The van der Waals surface area contributed by atoms with Crippen LogP contribution in [0, 0.1) is 5.92 Å². The number of furan rings is 1. The molecule has 1 aromatic rings. The Balaban J connectivity index is 2.52. The quantitative estimate of drug-likeness (QED) is 0.683. The van der Waals surface area contributed by atoms with E-state index in [1.54, 1.807) is 12.1 Å². The van der Waals surface area contributed by atoms with E-state index in [4.69, 9.17) is 4.42 Å². The molecule has 0 spiro atoms. The Hall–Kier alpha value is -1.10. The molecular weight excluding hydrogens is 272 g/mol. The first kappa shape index (κ1) is 13.0. The third kappa shape index (κ3) is 4.18. The van der Waals surface area contributed by atoms with Gasteiger partial charge in [-0.05, 0) is 47.3 Å². The van der Waals surface area contributed by atoms with Gasteiger partial charge in [0.1, 0.15) is 0 Å². The largest absolute Gasteiger partial charge is 0.444 e. The lowest BCUT2D eigenvalue weighted by molar-refractivity contribution is 0.0925. The van der Waals surface area contributed by atoms with E-state index in [0.29, 0.717) is 10.6 Å². The van der Waals surface area contributed by atoms with E-state index in [-0.39, 0.29) is 11.7 Å². The zero-order chi connectivity index (χ0) is 12.1. The summed E-state index contributed by atoms with van der Waals surface area (Å²) in [6.45, 7) is 6.09. The number of nitrogens with one attached hydrogen (secondary N) is 1. The lowest BCUT2D eigenvalue weighted by Crippen LogP contribution is -2.18. The third-order valence-corrected chi connectivity index (χ3v) is 2.28. The van der Waals surface area contributed by atoms with Crippen LogP contribution < -0.4 is 5.43 Å². The van der Waals surface area contributed by atoms with Crippen LogP contribution in [0.2, 0.25) is 0 Å². The fourth-order valence-electron chi connectivity index (χ4n) is 1.27. The van der Waals surface area contributed by atoms with Crippen LogP contribution in [0.3, 0.4) is 0 Å². The van der Waals surface area contributed by atoms with Crippen LogP contribution in [0.1, 0.15) is 37.7 Å². The smallest absolute Gasteiger partial charge is 0.307 e. The average Bonchev–Trinajstić information content (AvgIpc) is 2.60. The molecule has 1 aromatic heterocycles. The summed E-state index contributed by atoms with van der Waals surface area (Å²) in [5.74, 6) is 0.431. The number of hydrogen-bond acceptors (Lipinski definition) is 3. The van der Waals surface area contributed by atoms with Crippen molar-refractivity contribution in [1.82, 2.24) is 5.43 Å². The molecule has 4 nitrogen and oxygen atoms in total. The molecule has 0 fully saturated rings. The van der Waals surface area contributed by atoms with Gasteiger partial charge in [-0.2, -0.15) is 5.10 Å². The Morgan fingerprint density at radius 3 is 2.75 bits per heavy atom. The normalized spacial score (nSPS) is 11.9. The monoisotopic (exact) mass is 286 g/mol. The van der Waals surface area contributed by atoms with Gasteiger partial charge < -0.3 is 4.42 Å². The average molecular weight is 287 g/mol. The van der Waals surface area contributed by atoms with Crippen molar-refractivity contribution in [2.75, 3.05) is 0 Å². The summed E-state index contributed by atoms with van der Waals surface area (Å²) in [5, 5.41) is 3.99. The molecule has 1 heterocycles. The third-order valence-electron chi connectivity index (χ3n) is 1.85. The van der Waals surface area contributed by atoms with E-state index < -0.39 is 0 Å². The predicted octanol–water partition coefficient (Wildman–Crippen LogP) is 3.19. The van der Waals surface area contributed by atoms with Gasteiger partial charge in [0.15, 0.2) is 10.4 Å². The molecular formula is C11H15BrN2O2. The highest BCUT2D eigenvalue weighted by Gasteiger charge is 2.09. The Bertz CT molecular complexity index is 396. The molecule has 0 aliphatic carbocycles. The molecule has 0 saturated carbocycles. The molecule has 16 heavy (non-hydrogen) atoms. The maximum absolute atomic E-state index is 11.5. The van der Waals surface area contributed by atoms with Crippen molar-refractivity contribution in [3.63, 3.8) is 0 Å². The van der Waals surface area contributed by atoms with Gasteiger partial charge in [0.2, 0.25) is 0 Å². The molecule has 88 valence electrons. The molecule has 0 radical (unpaired) electrons. The van der Waals surface area contributed by atoms with E-state index in [1.165, 1.54) is 0 Å². The summed E-state index contributed by atoms with van der Waals surface area (Å²) in [6, 6.07) is 3.26. The number of hydrogen-bond donors (Lipinski definition) is 1. The van der Waals surface area contributed by atoms with Crippen LogP contribution in [-0.4, -0.2) is 11.6 Å². The zero-order valence-corrected chi connectivity index (χ0v) is 11.2. The molecule has 0 unspecified atom stereocenters. The van der Waals surface area contributed by atoms with E-state index in [1.807, 2.05) is 6.92 Å². The molecule has 0 aliphatic heterocycles. The van der Waals surface area contributed by atoms with Crippen LogP contribution >= 0.6 is 15.9 Å². The van der Waals surface area contributed by atoms with Crippen LogP contribution in [0.4, 0.5) is 0 Å². The zero-order valence-electron chi connectivity index (χ0n) is 9.58. The molecule has 0 bridgehead atoms. The molecule has 0 aliphatic rings. The number of carbonyl (C=O) groups is 1. The number of hydrazone groups is 1. The summed E-state index contributed by atoms with van der Waals surface area (Å²) < 4.78 is 5.62. The summed E-state index contributed by atoms with van der Waals surface area (Å²) in [4.78, 5) is 11.5. The van der Waals surface area contributed by atoms with E-state index in [9.17, 15) is 4.79 Å². The Labute approximate surface area is 103 Å². The summed E-state index contributed by atoms with van der Waals surface area (Å²) in [5.41, 5.74) is 3.35. The maximum Gasteiger partial charge on any atom is 0.307 e. The maximum atomic E-state index is 11.5. The highest BCUT2D eigenvalue weighted by Crippen LogP contribution is 2.13. The van der Waals surface area contributed by atoms with Gasteiger partial charge in [-0.25, -0.2) is 5.43 Å². The summed E-state index contributed by atoms with van der Waals surface area (Å²) in [6.07, 6.45) is 0.863. The number of halogens is 1. The molecule has 0 saturated heterocycles. The Kier molecular flexibility index (Phi) is 4.73. The first-order valence-electron chi connectivity index (χ1n) is 5.08. The second-order valence-electron chi connectivity index (χ2n) is 3.99. The fourth-order valence-corrected chi connectivity index (χ4v) is 1.58. The molecule has 1 N–H and O–H groups in total. The van der Waals surface area contributed by atoms with Gasteiger partial charge in [-0.3, -0.25) is 4.79 Å². The Morgan fingerprint density at radius 2 is 2.25 bits per heavy atom. The molecule has 0 aromatic carbocycles. The van der Waals surface area contributed by atoms with Crippen LogP contribution in [0.25, 0.3) is 0 Å². The minimum absolute atomic E-state index is 0.243. The summed E-state index contributed by atoms with van der Waals surface area (Å²) >= 11 is 3.13. The van der Waals surface area contributed by atoms with Gasteiger partial charge in [0, 0.05) is 5.71 Å². The topological polar surface area (TPSA) is 54.6 Å². The fraction of sp³-hybridized carbons (Fsp3) is 0.455. The first-order chi connectivity index (χ1) is 7.49. The van der Waals surface area contributed by atoms with Gasteiger partial charge in [0.05, 0.1) is 0 Å². The van der Waals surface area contributed by atoms with E-state index >= 15 is 0 Å². The van der Waals surface area contributed by atoms with Gasteiger partial charge in [-0.15, -0.1) is 0 Å². The van der Waals surface area contributed by atoms with Crippen molar-refractivity contribution in [3.8, 4) is 0 Å². The summed E-state index contributed by atoms with van der Waals surface area (Å²) in [7, 11) is 0. The van der Waals surface area contributed by atoms with Crippen LogP contribution in [0.15, 0.2) is 26.3 Å². The van der Waals surface area contributed by atoms with Crippen molar-refractivity contribution in [2.24, 2.45) is 11.0 Å². The standard InChI is InChI=1S/C11H15BrN2O2/c1-7(2)6-8(3)13-14-11(15)9-4-5-10(12)16-9/h4-5,7H,6H2,1-3H3,(H,14,15). The predicted molar refractivity (Wildman–Crippen MR) is 66.4 cm³/mol. The highest BCUT2D eigenvalue weighted by atomic mass is 79.9. The van der Waals surface area contributed by atoms with Crippen molar-refractivity contribution in [2.45, 2.75) is 27.2 Å². The Morgan fingerprint density at radius 1 is 1.56 bits per heavy atom. The molecule has 1 rings (SSSR count). The van der Waals surface area contributed by atoms with Crippen LogP contribution in [0.5, 0.6) is 0 Å². The molecule has 0 atom stereocenters. The minimum atomic E-state index is -0.339. The van der Waals surface area contributed by atoms with Gasteiger partial charge in [-0.1, -0.05) is 13.8 Å². The number of nitrogens with zero attached hydrogens (tertiary/aromatic N) is 1. The SMILES string of the molecule is CC(CC(C)C)=NNC(=O)c1ccc(Br)o1. The van der Waals surface area contributed by atoms with Crippen molar-refractivity contribution in [1.29, 1.82) is 0 Å². The van der Waals surface area contributed by atoms with Gasteiger partial charge >= 0.3 is 5.91 Å². The van der Waals surface area contributed by atoms with E-state index in [2.05, 4.69) is 40.3 Å². The van der Waals surface area contributed by atoms with Crippen molar-refractivity contribution >= 4 is 27.5 Å². The van der Waals surface area contributed by atoms with E-state index in [0.717, 1.165) is 12.1 Å². The highest BCUT2D eigenvalue weighted by molar-refractivity contribution is 9.10. The second-order valence-corrected chi connectivity index (χ2v) is 4.77. The molecule has 1 amide bonds. The van der Waals surface area contributed by atoms with Crippen molar-refractivity contribution < 1.29 is 9.21 Å². The second kappa shape index (κ2) is 5.84. The number of rotatable bonds is 4. The van der Waals surface area contributed by atoms with Crippen LogP contribution in [-0.2, 0) is 0 Å². The number of carbonyl (C=O) groups excluding carboxylic acids is 1.